The second kappa shape index (κ2) is 5.13. The van der Waals surface area contributed by atoms with E-state index in [9.17, 15) is 0 Å². The number of nitrogens with zero attached hydrogens (tertiary/aromatic N) is 1. The Kier molecular flexibility index (Phi) is 3.82. The van der Waals surface area contributed by atoms with Crippen LogP contribution in [0.15, 0.2) is 0 Å². The molecule has 1 aliphatic carbocycles. The highest BCUT2D eigenvalue weighted by atomic mass is 15.1. The lowest BCUT2D eigenvalue weighted by molar-refractivity contribution is 0.172. The fourth-order valence-electron chi connectivity index (χ4n) is 2.40. The van der Waals surface area contributed by atoms with Gasteiger partial charge in [-0.15, -0.1) is 0 Å². The number of piperidine rings is 1. The number of rotatable bonds is 5. The molecule has 2 fully saturated rings. The summed E-state index contributed by atoms with van der Waals surface area (Å²) < 4.78 is 0. The quantitative estimate of drug-likeness (QED) is 0.722. The van der Waals surface area contributed by atoms with Crippen LogP contribution in [-0.4, -0.2) is 37.1 Å². The molecule has 0 aromatic heterocycles. The molecule has 1 atom stereocenters. The van der Waals surface area contributed by atoms with E-state index in [4.69, 9.17) is 0 Å². The third-order valence-corrected chi connectivity index (χ3v) is 3.62. The minimum absolute atomic E-state index is 0.877. The molecule has 14 heavy (non-hydrogen) atoms. The number of hydrogen-bond donors (Lipinski definition) is 1. The highest BCUT2D eigenvalue weighted by Gasteiger charge is 2.21. The lowest BCUT2D eigenvalue weighted by Crippen LogP contribution is -2.39. The molecule has 0 radical (unpaired) electrons. The van der Waals surface area contributed by atoms with Crippen molar-refractivity contribution in [1.29, 1.82) is 0 Å². The van der Waals surface area contributed by atoms with Gasteiger partial charge in [-0.25, -0.2) is 0 Å². The maximum Gasteiger partial charge on any atom is 0.0107 e. The molecule has 1 saturated carbocycles. The van der Waals surface area contributed by atoms with Gasteiger partial charge in [-0.05, 0) is 38.1 Å². The Balaban J connectivity index is 1.58. The molecule has 0 bridgehead atoms. The largest absolute Gasteiger partial charge is 0.313 e. The van der Waals surface area contributed by atoms with Crippen LogP contribution in [0, 0.1) is 5.92 Å². The first-order valence-corrected chi connectivity index (χ1v) is 6.34. The van der Waals surface area contributed by atoms with Gasteiger partial charge < -0.3 is 10.2 Å². The van der Waals surface area contributed by atoms with E-state index < -0.39 is 0 Å². The van der Waals surface area contributed by atoms with Gasteiger partial charge in [0, 0.05) is 25.7 Å². The summed E-state index contributed by atoms with van der Waals surface area (Å²) in [7, 11) is 0. The molecule has 0 amide bonds. The highest BCUT2D eigenvalue weighted by Crippen LogP contribution is 2.20. The van der Waals surface area contributed by atoms with Gasteiger partial charge in [0.05, 0.1) is 0 Å². The predicted molar refractivity (Wildman–Crippen MR) is 60.5 cm³/mol. The minimum atomic E-state index is 0.877. The fraction of sp³-hybridized carbons (Fsp3) is 1.00. The van der Waals surface area contributed by atoms with Crippen molar-refractivity contribution >= 4 is 0 Å². The third kappa shape index (κ3) is 3.25. The first-order chi connectivity index (χ1) is 6.88. The van der Waals surface area contributed by atoms with E-state index in [0.717, 1.165) is 12.0 Å². The summed E-state index contributed by atoms with van der Waals surface area (Å²) in [6.07, 6.45) is 7.08. The van der Waals surface area contributed by atoms with Gasteiger partial charge in [-0.3, -0.25) is 0 Å². The monoisotopic (exact) mass is 196 g/mol. The number of likely N-dealkylation sites (tertiary alicyclic amines) is 1. The van der Waals surface area contributed by atoms with Gasteiger partial charge in [0.15, 0.2) is 0 Å². The molecular formula is C12H24N2. The van der Waals surface area contributed by atoms with E-state index in [1.165, 1.54) is 58.3 Å². The molecule has 2 nitrogen and oxygen atoms in total. The predicted octanol–water partition coefficient (Wildman–Crippen LogP) is 1.86. The molecule has 1 N–H and O–H groups in total. The minimum Gasteiger partial charge on any atom is -0.313 e. The van der Waals surface area contributed by atoms with Gasteiger partial charge >= 0.3 is 0 Å². The van der Waals surface area contributed by atoms with Gasteiger partial charge in [-0.2, -0.15) is 0 Å². The van der Waals surface area contributed by atoms with Crippen LogP contribution >= 0.6 is 0 Å². The smallest absolute Gasteiger partial charge is 0.0107 e. The zero-order valence-corrected chi connectivity index (χ0v) is 9.47. The highest BCUT2D eigenvalue weighted by molar-refractivity contribution is 4.81. The summed E-state index contributed by atoms with van der Waals surface area (Å²) in [5.41, 5.74) is 0. The van der Waals surface area contributed by atoms with Crippen LogP contribution in [0.5, 0.6) is 0 Å². The van der Waals surface area contributed by atoms with Crippen molar-refractivity contribution in [2.24, 2.45) is 5.92 Å². The molecule has 1 unspecified atom stereocenters. The second-order valence-electron chi connectivity index (χ2n) is 4.95. The van der Waals surface area contributed by atoms with Gasteiger partial charge in [-0.1, -0.05) is 13.3 Å². The average molecular weight is 196 g/mol. The van der Waals surface area contributed by atoms with Crippen molar-refractivity contribution in [3.63, 3.8) is 0 Å². The molecule has 0 spiro atoms. The molecule has 82 valence electrons. The van der Waals surface area contributed by atoms with Gasteiger partial charge in [0.2, 0.25) is 0 Å². The van der Waals surface area contributed by atoms with E-state index in [-0.39, 0.29) is 0 Å². The van der Waals surface area contributed by atoms with Crippen molar-refractivity contribution in [3.8, 4) is 0 Å². The van der Waals surface area contributed by atoms with Crippen LogP contribution < -0.4 is 5.32 Å². The maximum atomic E-state index is 3.60. The molecule has 1 heterocycles. The summed E-state index contributed by atoms with van der Waals surface area (Å²) in [4.78, 5) is 2.65. The Morgan fingerprint density at radius 3 is 2.86 bits per heavy atom. The zero-order valence-electron chi connectivity index (χ0n) is 9.47. The Labute approximate surface area is 88.1 Å². The van der Waals surface area contributed by atoms with Crippen LogP contribution in [-0.2, 0) is 0 Å². The van der Waals surface area contributed by atoms with Gasteiger partial charge in [0.25, 0.3) is 0 Å². The Morgan fingerprint density at radius 2 is 2.14 bits per heavy atom. The van der Waals surface area contributed by atoms with E-state index in [1.807, 2.05) is 0 Å². The van der Waals surface area contributed by atoms with Crippen molar-refractivity contribution in [1.82, 2.24) is 10.2 Å². The SMILES string of the molecule is CCC1CCCN(CCNC2CC2)C1. The second-order valence-corrected chi connectivity index (χ2v) is 4.95. The molecule has 2 aliphatic rings. The van der Waals surface area contributed by atoms with Crippen LogP contribution in [0.3, 0.4) is 0 Å². The summed E-state index contributed by atoms with van der Waals surface area (Å²) in [6, 6.07) is 0.877. The Bertz CT molecular complexity index is 166. The molecule has 1 aliphatic heterocycles. The third-order valence-electron chi connectivity index (χ3n) is 3.62. The van der Waals surface area contributed by atoms with Crippen molar-refractivity contribution in [2.45, 2.75) is 45.1 Å². The van der Waals surface area contributed by atoms with E-state index in [1.54, 1.807) is 0 Å². The van der Waals surface area contributed by atoms with Crippen LogP contribution in [0.4, 0.5) is 0 Å². The lowest BCUT2D eigenvalue weighted by atomic mass is 9.96. The average Bonchev–Trinajstić information content (AvgIpc) is 3.02. The van der Waals surface area contributed by atoms with Crippen molar-refractivity contribution < 1.29 is 0 Å². The summed E-state index contributed by atoms with van der Waals surface area (Å²) in [5.74, 6) is 0.977. The molecule has 1 saturated heterocycles. The Hall–Kier alpha value is -0.0800. The van der Waals surface area contributed by atoms with Crippen LogP contribution in [0.25, 0.3) is 0 Å². The molecule has 0 aromatic carbocycles. The lowest BCUT2D eigenvalue weighted by Gasteiger charge is -2.32. The number of hydrogen-bond acceptors (Lipinski definition) is 2. The topological polar surface area (TPSA) is 15.3 Å². The molecule has 2 rings (SSSR count). The summed E-state index contributed by atoms with van der Waals surface area (Å²) in [5, 5.41) is 3.60. The van der Waals surface area contributed by atoms with Crippen molar-refractivity contribution in [2.75, 3.05) is 26.2 Å². The fourth-order valence-corrected chi connectivity index (χ4v) is 2.40. The van der Waals surface area contributed by atoms with E-state index in [2.05, 4.69) is 17.1 Å². The van der Waals surface area contributed by atoms with Crippen LogP contribution in [0.1, 0.15) is 39.0 Å². The first-order valence-electron chi connectivity index (χ1n) is 6.34. The Morgan fingerprint density at radius 1 is 1.29 bits per heavy atom. The van der Waals surface area contributed by atoms with Crippen LogP contribution in [0.2, 0.25) is 0 Å². The summed E-state index contributed by atoms with van der Waals surface area (Å²) >= 11 is 0. The molecular weight excluding hydrogens is 172 g/mol. The first kappa shape index (κ1) is 10.4. The van der Waals surface area contributed by atoms with Crippen molar-refractivity contribution in [3.05, 3.63) is 0 Å². The van der Waals surface area contributed by atoms with Gasteiger partial charge in [0.1, 0.15) is 0 Å². The zero-order chi connectivity index (χ0) is 9.80. The molecule has 0 aromatic rings. The van der Waals surface area contributed by atoms with E-state index in [0.29, 0.717) is 0 Å². The molecule has 2 heteroatoms. The maximum absolute atomic E-state index is 3.60. The standard InChI is InChI=1S/C12H24N2/c1-2-11-4-3-8-14(10-11)9-7-13-12-5-6-12/h11-13H,2-10H2,1H3. The van der Waals surface area contributed by atoms with E-state index >= 15 is 0 Å². The number of nitrogens with one attached hydrogen (secondary N) is 1. The summed E-state index contributed by atoms with van der Waals surface area (Å²) in [6.45, 7) is 7.50. The normalized spacial score (nSPS) is 29.4.